The van der Waals surface area contributed by atoms with Crippen LogP contribution in [0.15, 0.2) is 30.3 Å². The normalized spacial score (nSPS) is 12.8. The van der Waals surface area contributed by atoms with Gasteiger partial charge in [0.2, 0.25) is 0 Å². The average molecular weight is 278 g/mol. The summed E-state index contributed by atoms with van der Waals surface area (Å²) in [6.07, 6.45) is 0. The summed E-state index contributed by atoms with van der Waals surface area (Å²) in [6, 6.07) is 9.90. The van der Waals surface area contributed by atoms with Crippen LogP contribution in [-0.4, -0.2) is 8.86 Å². The first-order chi connectivity index (χ1) is 5.73. The maximum atomic E-state index is 12.2. The van der Waals surface area contributed by atoms with Gasteiger partial charge in [0.1, 0.15) is 0 Å². The summed E-state index contributed by atoms with van der Waals surface area (Å²) in [4.78, 5) is 0. The van der Waals surface area contributed by atoms with Crippen molar-refractivity contribution in [2.75, 3.05) is 8.86 Å². The Morgan fingerprint density at radius 3 is 2.00 bits per heavy atom. The Balaban J connectivity index is 3.04. The molecule has 1 aromatic carbocycles. The van der Waals surface area contributed by atoms with Crippen LogP contribution in [0.4, 0.5) is 0 Å². The zero-order chi connectivity index (χ0) is 9.03. The Morgan fingerprint density at radius 2 is 1.58 bits per heavy atom. The molecule has 0 aromatic heterocycles. The number of hydrogen-bond acceptors (Lipinski definition) is 1. The standard InChI is InChI=1S/C10H15IO/c1-3-11(12,4-2)10-8-6-5-7-9-10/h5-9H,3-4H2,1-2H3. The Hall–Kier alpha value is -0.250. The second-order valence-electron chi connectivity index (χ2n) is 2.58. The molecule has 1 rings (SSSR count). The van der Waals surface area contributed by atoms with Crippen LogP contribution >= 0.6 is 18.4 Å². The van der Waals surface area contributed by atoms with Gasteiger partial charge in [0.15, 0.2) is 0 Å². The Morgan fingerprint density at radius 1 is 1.08 bits per heavy atom. The molecule has 0 atom stereocenters. The van der Waals surface area contributed by atoms with E-state index in [-0.39, 0.29) is 0 Å². The summed E-state index contributed by atoms with van der Waals surface area (Å²) in [5.74, 6) is 0. The van der Waals surface area contributed by atoms with E-state index in [4.69, 9.17) is 0 Å². The average Bonchev–Trinajstić information content (AvgIpc) is 2.18. The van der Waals surface area contributed by atoms with Gasteiger partial charge in [-0.05, 0) is 0 Å². The van der Waals surface area contributed by atoms with Gasteiger partial charge >= 0.3 is 78.1 Å². The van der Waals surface area contributed by atoms with E-state index in [1.165, 1.54) is 0 Å². The SMILES string of the molecule is CCI(=O)(CC)c1ccccc1. The molecule has 0 unspecified atom stereocenters. The first-order valence-electron chi connectivity index (χ1n) is 4.20. The van der Waals surface area contributed by atoms with Crippen LogP contribution in [0.2, 0.25) is 0 Å². The molecule has 0 heterocycles. The van der Waals surface area contributed by atoms with E-state index >= 15 is 0 Å². The fourth-order valence-electron chi connectivity index (χ4n) is 1.14. The van der Waals surface area contributed by atoms with E-state index in [0.717, 1.165) is 12.4 Å². The van der Waals surface area contributed by atoms with Crippen LogP contribution in [0, 0.1) is 3.57 Å². The van der Waals surface area contributed by atoms with E-state index in [1.54, 1.807) is 0 Å². The summed E-state index contributed by atoms with van der Waals surface area (Å²) >= 11 is -2.75. The number of hydrogen-bond donors (Lipinski definition) is 0. The third-order valence-corrected chi connectivity index (χ3v) is 9.91. The van der Waals surface area contributed by atoms with Gasteiger partial charge in [0.25, 0.3) is 0 Å². The third-order valence-electron chi connectivity index (χ3n) is 1.99. The van der Waals surface area contributed by atoms with Crippen molar-refractivity contribution in [1.29, 1.82) is 0 Å². The van der Waals surface area contributed by atoms with Crippen molar-refractivity contribution < 1.29 is 3.07 Å². The van der Waals surface area contributed by atoms with E-state index in [2.05, 4.69) is 0 Å². The molecule has 0 fully saturated rings. The van der Waals surface area contributed by atoms with E-state index < -0.39 is 18.4 Å². The Kier molecular flexibility index (Phi) is 3.38. The fraction of sp³-hybridized carbons (Fsp3) is 0.400. The van der Waals surface area contributed by atoms with Crippen LogP contribution in [0.1, 0.15) is 13.8 Å². The van der Waals surface area contributed by atoms with Gasteiger partial charge in [0, 0.05) is 0 Å². The van der Waals surface area contributed by atoms with Gasteiger partial charge in [-0.2, -0.15) is 0 Å². The van der Waals surface area contributed by atoms with Crippen molar-refractivity contribution in [3.8, 4) is 0 Å². The van der Waals surface area contributed by atoms with Crippen molar-refractivity contribution in [1.82, 2.24) is 0 Å². The zero-order valence-electron chi connectivity index (χ0n) is 7.59. The second-order valence-corrected chi connectivity index (χ2v) is 11.2. The predicted molar refractivity (Wildman–Crippen MR) is 60.9 cm³/mol. The Bertz CT molecular complexity index is 271. The maximum absolute atomic E-state index is 12.2. The van der Waals surface area contributed by atoms with E-state index in [1.807, 2.05) is 44.2 Å². The second kappa shape index (κ2) is 4.12. The van der Waals surface area contributed by atoms with Gasteiger partial charge in [-0.25, -0.2) is 0 Å². The monoisotopic (exact) mass is 278 g/mol. The van der Waals surface area contributed by atoms with Gasteiger partial charge in [-0.15, -0.1) is 0 Å². The predicted octanol–water partition coefficient (Wildman–Crippen LogP) is 3.28. The van der Waals surface area contributed by atoms with Crippen LogP contribution in [0.3, 0.4) is 0 Å². The number of benzene rings is 1. The molecule has 0 saturated heterocycles. The number of halogens is 1. The first-order valence-corrected chi connectivity index (χ1v) is 9.21. The summed E-state index contributed by atoms with van der Waals surface area (Å²) in [7, 11) is 0. The molecule has 0 aliphatic heterocycles. The molecule has 1 aromatic rings. The molecular formula is C10H15IO. The van der Waals surface area contributed by atoms with Crippen LogP contribution in [0.5, 0.6) is 0 Å². The topological polar surface area (TPSA) is 17.1 Å². The molecule has 0 aliphatic carbocycles. The van der Waals surface area contributed by atoms with E-state index in [9.17, 15) is 3.07 Å². The molecule has 0 aliphatic rings. The van der Waals surface area contributed by atoms with Crippen molar-refractivity contribution in [2.45, 2.75) is 13.8 Å². The van der Waals surface area contributed by atoms with Gasteiger partial charge in [0.05, 0.1) is 0 Å². The fourth-order valence-corrected chi connectivity index (χ4v) is 5.71. The molecule has 0 N–H and O–H groups in total. The van der Waals surface area contributed by atoms with Crippen LogP contribution in [0.25, 0.3) is 0 Å². The summed E-state index contributed by atoms with van der Waals surface area (Å²) < 4.78 is 15.0. The molecule has 2 heteroatoms. The number of rotatable bonds is 3. The van der Waals surface area contributed by atoms with Crippen molar-refractivity contribution in [3.63, 3.8) is 0 Å². The molecule has 0 spiro atoms. The minimum atomic E-state index is -2.75. The third kappa shape index (κ3) is 1.91. The van der Waals surface area contributed by atoms with Crippen molar-refractivity contribution in [2.24, 2.45) is 0 Å². The number of alkyl halides is 2. The molecule has 0 saturated carbocycles. The Labute approximate surface area is 78.1 Å². The van der Waals surface area contributed by atoms with Gasteiger partial charge in [-0.3, -0.25) is 0 Å². The first kappa shape index (κ1) is 9.84. The van der Waals surface area contributed by atoms with Gasteiger partial charge < -0.3 is 0 Å². The molecule has 68 valence electrons. The minimum absolute atomic E-state index is 0.840. The van der Waals surface area contributed by atoms with Crippen LogP contribution in [-0.2, 0) is 3.07 Å². The summed E-state index contributed by atoms with van der Waals surface area (Å²) in [5, 5.41) is 0. The summed E-state index contributed by atoms with van der Waals surface area (Å²) in [6.45, 7) is 4.06. The summed E-state index contributed by atoms with van der Waals surface area (Å²) in [5.41, 5.74) is 0. The molecule has 0 radical (unpaired) electrons. The van der Waals surface area contributed by atoms with Crippen LogP contribution < -0.4 is 0 Å². The molecule has 12 heavy (non-hydrogen) atoms. The van der Waals surface area contributed by atoms with E-state index in [0.29, 0.717) is 0 Å². The quantitative estimate of drug-likeness (QED) is 0.612. The molecule has 0 bridgehead atoms. The molecular weight excluding hydrogens is 263 g/mol. The van der Waals surface area contributed by atoms with Crippen molar-refractivity contribution >= 4 is 18.4 Å². The van der Waals surface area contributed by atoms with Gasteiger partial charge in [-0.1, -0.05) is 0 Å². The van der Waals surface area contributed by atoms with Crippen molar-refractivity contribution in [3.05, 3.63) is 33.9 Å². The molecule has 0 amide bonds. The molecule has 1 nitrogen and oxygen atoms in total. The zero-order valence-corrected chi connectivity index (χ0v) is 9.74.